The summed E-state index contributed by atoms with van der Waals surface area (Å²) in [6.07, 6.45) is 0. The summed E-state index contributed by atoms with van der Waals surface area (Å²) < 4.78 is 9.79. The van der Waals surface area contributed by atoms with Crippen molar-refractivity contribution in [3.63, 3.8) is 0 Å². The third-order valence-corrected chi connectivity index (χ3v) is 2.46. The van der Waals surface area contributed by atoms with Gasteiger partial charge in [-0.15, -0.1) is 0 Å². The molecular weight excluding hydrogens is 246 g/mol. The summed E-state index contributed by atoms with van der Waals surface area (Å²) in [5.41, 5.74) is 5.81. The van der Waals surface area contributed by atoms with Gasteiger partial charge in [0.2, 0.25) is 11.7 Å². The zero-order valence-corrected chi connectivity index (χ0v) is 9.73. The standard InChI is InChI=1S/C10H10ClN3O3/c1-16-8-3-6(11)5(2-7(8)15)10-13-9(4-12)17-14-10/h2-3,15H,4,12H2,1H3. The smallest absolute Gasteiger partial charge is 0.240 e. The molecule has 1 aromatic heterocycles. The molecule has 3 N–H and O–H groups in total. The Hall–Kier alpha value is -1.79. The van der Waals surface area contributed by atoms with Crippen LogP contribution in [0.4, 0.5) is 0 Å². The van der Waals surface area contributed by atoms with Crippen LogP contribution in [0.5, 0.6) is 11.5 Å². The highest BCUT2D eigenvalue weighted by atomic mass is 35.5. The summed E-state index contributed by atoms with van der Waals surface area (Å²) in [6.45, 7) is 0.146. The van der Waals surface area contributed by atoms with Crippen LogP contribution in [-0.4, -0.2) is 22.4 Å². The lowest BCUT2D eigenvalue weighted by molar-refractivity contribution is 0.373. The summed E-state index contributed by atoms with van der Waals surface area (Å²) in [4.78, 5) is 4.02. The largest absolute Gasteiger partial charge is 0.504 e. The van der Waals surface area contributed by atoms with E-state index in [0.29, 0.717) is 16.5 Å². The number of phenols is 1. The molecule has 0 aliphatic rings. The van der Waals surface area contributed by atoms with Crippen molar-refractivity contribution in [1.82, 2.24) is 10.1 Å². The van der Waals surface area contributed by atoms with E-state index in [0.717, 1.165) is 0 Å². The molecule has 7 heteroatoms. The first-order chi connectivity index (χ1) is 8.15. The Morgan fingerprint density at radius 3 is 2.88 bits per heavy atom. The maximum absolute atomic E-state index is 9.65. The van der Waals surface area contributed by atoms with Crippen molar-refractivity contribution in [3.05, 3.63) is 23.0 Å². The van der Waals surface area contributed by atoms with E-state index >= 15 is 0 Å². The second-order valence-corrected chi connectivity index (χ2v) is 3.63. The van der Waals surface area contributed by atoms with Gasteiger partial charge < -0.3 is 20.1 Å². The van der Waals surface area contributed by atoms with E-state index in [1.165, 1.54) is 19.2 Å². The Morgan fingerprint density at radius 1 is 1.53 bits per heavy atom. The van der Waals surface area contributed by atoms with Gasteiger partial charge in [0.15, 0.2) is 11.5 Å². The molecule has 90 valence electrons. The van der Waals surface area contributed by atoms with Crippen LogP contribution < -0.4 is 10.5 Å². The molecule has 1 aromatic carbocycles. The topological polar surface area (TPSA) is 94.4 Å². The molecule has 0 saturated carbocycles. The van der Waals surface area contributed by atoms with Crippen molar-refractivity contribution in [2.75, 3.05) is 7.11 Å². The fourth-order valence-corrected chi connectivity index (χ4v) is 1.56. The molecule has 0 aliphatic heterocycles. The molecule has 0 saturated heterocycles. The molecule has 0 fully saturated rings. The number of hydrogen-bond donors (Lipinski definition) is 2. The van der Waals surface area contributed by atoms with E-state index < -0.39 is 0 Å². The Kier molecular flexibility index (Phi) is 3.16. The summed E-state index contributed by atoms with van der Waals surface area (Å²) >= 11 is 6.02. The first kappa shape index (κ1) is 11.7. The van der Waals surface area contributed by atoms with Crippen LogP contribution in [-0.2, 0) is 6.54 Å². The zero-order chi connectivity index (χ0) is 12.4. The molecule has 1 heterocycles. The number of halogens is 1. The van der Waals surface area contributed by atoms with Gasteiger partial charge in [-0.3, -0.25) is 0 Å². The van der Waals surface area contributed by atoms with Crippen molar-refractivity contribution in [3.8, 4) is 22.9 Å². The number of phenolic OH excluding ortho intramolecular Hbond substituents is 1. The Balaban J connectivity index is 2.48. The van der Waals surface area contributed by atoms with E-state index in [9.17, 15) is 5.11 Å². The molecule has 0 bridgehead atoms. The molecule has 2 aromatic rings. The minimum atomic E-state index is -0.0500. The number of rotatable bonds is 3. The lowest BCUT2D eigenvalue weighted by Crippen LogP contribution is -1.95. The first-order valence-corrected chi connectivity index (χ1v) is 5.13. The van der Waals surface area contributed by atoms with Gasteiger partial charge in [0.25, 0.3) is 0 Å². The maximum atomic E-state index is 9.65. The predicted molar refractivity (Wildman–Crippen MR) is 60.9 cm³/mol. The molecule has 0 atom stereocenters. The van der Waals surface area contributed by atoms with Crippen molar-refractivity contribution in [1.29, 1.82) is 0 Å². The fraction of sp³-hybridized carbons (Fsp3) is 0.200. The molecule has 0 unspecified atom stereocenters. The third kappa shape index (κ3) is 2.17. The molecular formula is C10H10ClN3O3. The second-order valence-electron chi connectivity index (χ2n) is 3.22. The van der Waals surface area contributed by atoms with Crippen molar-refractivity contribution < 1.29 is 14.4 Å². The summed E-state index contributed by atoms with van der Waals surface area (Å²) in [5.74, 6) is 0.798. The second kappa shape index (κ2) is 4.60. The van der Waals surface area contributed by atoms with E-state index in [1.807, 2.05) is 0 Å². The predicted octanol–water partition coefficient (Wildman–Crippen LogP) is 1.56. The lowest BCUT2D eigenvalue weighted by Gasteiger charge is -2.05. The highest BCUT2D eigenvalue weighted by molar-refractivity contribution is 6.33. The SMILES string of the molecule is COc1cc(Cl)c(-c2noc(CN)n2)cc1O. The number of methoxy groups -OCH3 is 1. The highest BCUT2D eigenvalue weighted by Gasteiger charge is 2.14. The molecule has 0 aliphatic carbocycles. The first-order valence-electron chi connectivity index (χ1n) is 4.75. The average Bonchev–Trinajstić information content (AvgIpc) is 2.80. The number of hydrogen-bond acceptors (Lipinski definition) is 6. The van der Waals surface area contributed by atoms with Gasteiger partial charge in [-0.1, -0.05) is 16.8 Å². The summed E-state index contributed by atoms with van der Waals surface area (Å²) in [7, 11) is 1.44. The number of nitrogens with two attached hydrogens (primary N) is 1. The zero-order valence-electron chi connectivity index (χ0n) is 8.98. The minimum absolute atomic E-state index is 0.0500. The van der Waals surface area contributed by atoms with Crippen molar-refractivity contribution >= 4 is 11.6 Å². The number of ether oxygens (including phenoxy) is 1. The number of aromatic nitrogens is 2. The Bertz CT molecular complexity index is 542. The molecule has 17 heavy (non-hydrogen) atoms. The summed E-state index contributed by atoms with van der Waals surface area (Å²) in [6, 6.07) is 2.89. The van der Waals surface area contributed by atoms with Crippen LogP contribution in [0.3, 0.4) is 0 Å². The molecule has 2 rings (SSSR count). The van der Waals surface area contributed by atoms with E-state index in [4.69, 9.17) is 26.6 Å². The van der Waals surface area contributed by atoms with Gasteiger partial charge in [0, 0.05) is 11.6 Å². The van der Waals surface area contributed by atoms with E-state index in [2.05, 4.69) is 10.1 Å². The van der Waals surface area contributed by atoms with Gasteiger partial charge in [-0.25, -0.2) is 0 Å². The van der Waals surface area contributed by atoms with Gasteiger partial charge in [0.1, 0.15) is 0 Å². The van der Waals surface area contributed by atoms with Crippen LogP contribution in [0.25, 0.3) is 11.4 Å². The van der Waals surface area contributed by atoms with E-state index in [-0.39, 0.29) is 23.9 Å². The number of nitrogens with zero attached hydrogens (tertiary/aromatic N) is 2. The van der Waals surface area contributed by atoms with Crippen LogP contribution in [0.1, 0.15) is 5.89 Å². The van der Waals surface area contributed by atoms with Crippen LogP contribution in [0.15, 0.2) is 16.7 Å². The Morgan fingerprint density at radius 2 is 2.29 bits per heavy atom. The van der Waals surface area contributed by atoms with Crippen molar-refractivity contribution in [2.24, 2.45) is 5.73 Å². The molecule has 0 amide bonds. The molecule has 6 nitrogen and oxygen atoms in total. The normalized spacial score (nSPS) is 10.5. The molecule has 0 radical (unpaired) electrons. The Labute approximate surface area is 102 Å². The lowest BCUT2D eigenvalue weighted by atomic mass is 10.2. The van der Waals surface area contributed by atoms with Crippen molar-refractivity contribution in [2.45, 2.75) is 6.54 Å². The third-order valence-electron chi connectivity index (χ3n) is 2.15. The van der Waals surface area contributed by atoms with E-state index in [1.54, 1.807) is 0 Å². The van der Waals surface area contributed by atoms with Crippen LogP contribution >= 0.6 is 11.6 Å². The minimum Gasteiger partial charge on any atom is -0.504 e. The molecule has 0 spiro atoms. The monoisotopic (exact) mass is 255 g/mol. The number of benzene rings is 1. The highest BCUT2D eigenvalue weighted by Crippen LogP contribution is 2.36. The average molecular weight is 256 g/mol. The van der Waals surface area contributed by atoms with Gasteiger partial charge in [-0.05, 0) is 6.07 Å². The maximum Gasteiger partial charge on any atom is 0.240 e. The van der Waals surface area contributed by atoms with Crippen LogP contribution in [0, 0.1) is 0 Å². The quantitative estimate of drug-likeness (QED) is 0.864. The fourth-order valence-electron chi connectivity index (χ4n) is 1.33. The van der Waals surface area contributed by atoms with Gasteiger partial charge in [-0.2, -0.15) is 4.98 Å². The number of aromatic hydroxyl groups is 1. The van der Waals surface area contributed by atoms with Gasteiger partial charge >= 0.3 is 0 Å². The van der Waals surface area contributed by atoms with Crippen LogP contribution in [0.2, 0.25) is 5.02 Å². The van der Waals surface area contributed by atoms with Gasteiger partial charge in [0.05, 0.1) is 18.7 Å². The summed E-state index contributed by atoms with van der Waals surface area (Å²) in [5, 5.41) is 13.7.